The first kappa shape index (κ1) is 25.7. The van der Waals surface area contributed by atoms with Crippen LogP contribution in [-0.4, -0.2) is 35.4 Å². The van der Waals surface area contributed by atoms with Gasteiger partial charge in [-0.2, -0.15) is 0 Å². The summed E-state index contributed by atoms with van der Waals surface area (Å²) in [5.74, 6) is -0.809. The molecular formula is C27H28O8. The molecule has 2 aromatic carbocycles. The Labute approximate surface area is 203 Å². The van der Waals surface area contributed by atoms with Crippen LogP contribution in [0.25, 0.3) is 0 Å². The summed E-state index contributed by atoms with van der Waals surface area (Å²) in [6, 6.07) is 11.9. The van der Waals surface area contributed by atoms with E-state index in [9.17, 15) is 19.5 Å². The number of carbonyl (C=O) groups excluding carboxylic acids is 3. The average molecular weight is 481 g/mol. The zero-order valence-electron chi connectivity index (χ0n) is 19.3. The van der Waals surface area contributed by atoms with Crippen molar-refractivity contribution in [2.75, 3.05) is 0 Å². The second-order valence-electron chi connectivity index (χ2n) is 8.07. The van der Waals surface area contributed by atoms with Gasteiger partial charge in [-0.25, -0.2) is 9.59 Å². The largest absolute Gasteiger partial charge is 0.462 e. The number of ether oxygens (including phenoxy) is 4. The van der Waals surface area contributed by atoms with Crippen molar-refractivity contribution in [1.29, 1.82) is 0 Å². The van der Waals surface area contributed by atoms with Crippen LogP contribution in [0.15, 0.2) is 73.3 Å². The van der Waals surface area contributed by atoms with Gasteiger partial charge >= 0.3 is 17.9 Å². The smallest absolute Gasteiger partial charge is 0.343 e. The van der Waals surface area contributed by atoms with Crippen LogP contribution in [0, 0.1) is 0 Å². The average Bonchev–Trinajstić information content (AvgIpc) is 2.86. The number of carbonyl (C=O) groups is 3. The molecule has 8 nitrogen and oxygen atoms in total. The highest BCUT2D eigenvalue weighted by atomic mass is 16.6. The van der Waals surface area contributed by atoms with E-state index in [0.29, 0.717) is 5.75 Å². The fraction of sp³-hybridized carbons (Fsp3) is 0.296. The van der Waals surface area contributed by atoms with E-state index in [1.165, 1.54) is 48.5 Å². The van der Waals surface area contributed by atoms with Crippen molar-refractivity contribution in [3.05, 3.63) is 78.9 Å². The molecule has 184 valence electrons. The maximum Gasteiger partial charge on any atom is 0.343 e. The molecule has 1 fully saturated rings. The standard InChI is InChI=1S/C27H28O8/c1-3-24(28)32-21-11-9-19(10-12-21)27(31)35-23-15-13-22(14-16-23)34-26(30)18(2)17-25(29)33-20-7-5-4-6-8-20/h3,9-16,20,26,30H,1-2,4-8,17H2. The van der Waals surface area contributed by atoms with Gasteiger partial charge in [0.1, 0.15) is 23.4 Å². The number of benzene rings is 2. The first-order valence-corrected chi connectivity index (χ1v) is 11.3. The quantitative estimate of drug-likeness (QED) is 0.174. The molecule has 1 atom stereocenters. The highest BCUT2D eigenvalue weighted by molar-refractivity contribution is 5.91. The zero-order chi connectivity index (χ0) is 25.2. The van der Waals surface area contributed by atoms with Gasteiger partial charge in [-0.05, 0) is 74.2 Å². The minimum Gasteiger partial charge on any atom is -0.462 e. The summed E-state index contributed by atoms with van der Waals surface area (Å²) in [4.78, 5) is 35.6. The zero-order valence-corrected chi connectivity index (χ0v) is 19.3. The van der Waals surface area contributed by atoms with E-state index in [4.69, 9.17) is 18.9 Å². The maximum absolute atomic E-state index is 12.3. The third kappa shape index (κ3) is 8.12. The summed E-state index contributed by atoms with van der Waals surface area (Å²) in [5, 5.41) is 10.2. The van der Waals surface area contributed by atoms with Crippen molar-refractivity contribution in [3.63, 3.8) is 0 Å². The van der Waals surface area contributed by atoms with Gasteiger partial charge in [0.05, 0.1) is 12.0 Å². The number of esters is 3. The van der Waals surface area contributed by atoms with Crippen molar-refractivity contribution in [2.45, 2.75) is 50.9 Å². The van der Waals surface area contributed by atoms with E-state index in [1.807, 2.05) is 0 Å². The first-order valence-electron chi connectivity index (χ1n) is 11.3. The number of hydrogen-bond donors (Lipinski definition) is 1. The van der Waals surface area contributed by atoms with E-state index in [1.54, 1.807) is 0 Å². The molecule has 1 unspecified atom stereocenters. The van der Waals surface area contributed by atoms with Crippen LogP contribution < -0.4 is 14.2 Å². The predicted molar refractivity (Wildman–Crippen MR) is 127 cm³/mol. The molecule has 0 radical (unpaired) electrons. The van der Waals surface area contributed by atoms with Crippen molar-refractivity contribution >= 4 is 17.9 Å². The molecule has 0 heterocycles. The fourth-order valence-corrected chi connectivity index (χ4v) is 3.46. The van der Waals surface area contributed by atoms with Crippen molar-refractivity contribution < 1.29 is 38.4 Å². The fourth-order valence-electron chi connectivity index (χ4n) is 3.46. The minimum atomic E-state index is -1.39. The maximum atomic E-state index is 12.3. The molecule has 2 aromatic rings. The van der Waals surface area contributed by atoms with Crippen LogP contribution in [0.1, 0.15) is 48.9 Å². The Kier molecular flexibility index (Phi) is 9.20. The molecule has 3 rings (SSSR count). The minimum absolute atomic E-state index is 0.0647. The molecule has 0 aliphatic heterocycles. The molecule has 0 spiro atoms. The Morgan fingerprint density at radius 2 is 1.49 bits per heavy atom. The van der Waals surface area contributed by atoms with Crippen molar-refractivity contribution in [3.8, 4) is 17.2 Å². The summed E-state index contributed by atoms with van der Waals surface area (Å²) in [6.45, 7) is 7.04. The molecule has 0 amide bonds. The number of rotatable bonds is 10. The summed E-state index contributed by atoms with van der Waals surface area (Å²) in [6.07, 6.45) is 4.43. The molecule has 1 aliphatic rings. The summed E-state index contributed by atoms with van der Waals surface area (Å²) in [7, 11) is 0. The van der Waals surface area contributed by atoms with Crippen molar-refractivity contribution in [2.24, 2.45) is 0 Å². The number of aliphatic hydroxyl groups is 1. The SMILES string of the molecule is C=CC(=O)Oc1ccc(C(=O)Oc2ccc(OC(O)C(=C)CC(=O)OC3CCCCC3)cc2)cc1. The molecule has 35 heavy (non-hydrogen) atoms. The third-order valence-corrected chi connectivity index (χ3v) is 5.33. The van der Waals surface area contributed by atoms with Gasteiger partial charge in [-0.3, -0.25) is 4.79 Å². The molecule has 0 aromatic heterocycles. The van der Waals surface area contributed by atoms with Crippen LogP contribution in [0.2, 0.25) is 0 Å². The van der Waals surface area contributed by atoms with Gasteiger partial charge in [0.2, 0.25) is 6.29 Å². The van der Waals surface area contributed by atoms with Gasteiger partial charge < -0.3 is 24.1 Å². The van der Waals surface area contributed by atoms with E-state index in [0.717, 1.165) is 38.2 Å². The Balaban J connectivity index is 1.46. The van der Waals surface area contributed by atoms with E-state index < -0.39 is 24.2 Å². The highest BCUT2D eigenvalue weighted by Gasteiger charge is 2.21. The molecule has 0 bridgehead atoms. The van der Waals surface area contributed by atoms with Gasteiger partial charge in [0.15, 0.2) is 0 Å². The highest BCUT2D eigenvalue weighted by Crippen LogP contribution is 2.23. The molecule has 0 saturated heterocycles. The Bertz CT molecular complexity index is 1050. The summed E-state index contributed by atoms with van der Waals surface area (Å²) in [5.41, 5.74) is 0.444. The van der Waals surface area contributed by atoms with Crippen LogP contribution in [0.3, 0.4) is 0 Å². The van der Waals surface area contributed by atoms with E-state index >= 15 is 0 Å². The van der Waals surface area contributed by atoms with Gasteiger partial charge in [-0.15, -0.1) is 0 Å². The van der Waals surface area contributed by atoms with Crippen LogP contribution in [0.4, 0.5) is 0 Å². The second kappa shape index (κ2) is 12.5. The summed E-state index contributed by atoms with van der Waals surface area (Å²) < 4.78 is 21.1. The van der Waals surface area contributed by atoms with E-state index in [-0.39, 0.29) is 35.2 Å². The topological polar surface area (TPSA) is 108 Å². The molecule has 1 saturated carbocycles. The lowest BCUT2D eigenvalue weighted by Gasteiger charge is -2.22. The van der Waals surface area contributed by atoms with Gasteiger partial charge in [-0.1, -0.05) is 19.6 Å². The van der Waals surface area contributed by atoms with Crippen LogP contribution in [-0.2, 0) is 14.3 Å². The lowest BCUT2D eigenvalue weighted by Crippen LogP contribution is -2.24. The normalized spacial score (nSPS) is 14.3. The molecule has 1 aliphatic carbocycles. The monoisotopic (exact) mass is 480 g/mol. The van der Waals surface area contributed by atoms with Gasteiger partial charge in [0.25, 0.3) is 0 Å². The molecular weight excluding hydrogens is 452 g/mol. The predicted octanol–water partition coefficient (Wildman–Crippen LogP) is 4.52. The van der Waals surface area contributed by atoms with Crippen LogP contribution >= 0.6 is 0 Å². The van der Waals surface area contributed by atoms with Crippen LogP contribution in [0.5, 0.6) is 17.2 Å². The second-order valence-corrected chi connectivity index (χ2v) is 8.07. The summed E-state index contributed by atoms with van der Waals surface area (Å²) >= 11 is 0. The lowest BCUT2D eigenvalue weighted by atomic mass is 9.98. The third-order valence-electron chi connectivity index (χ3n) is 5.33. The first-order chi connectivity index (χ1) is 16.8. The van der Waals surface area contributed by atoms with Gasteiger partial charge in [0, 0.05) is 11.6 Å². The van der Waals surface area contributed by atoms with E-state index in [2.05, 4.69) is 13.2 Å². The number of aliphatic hydroxyl groups excluding tert-OH is 1. The number of hydrogen-bond acceptors (Lipinski definition) is 8. The lowest BCUT2D eigenvalue weighted by molar-refractivity contribution is -0.150. The Hall–Kier alpha value is -3.91. The molecule has 8 heteroatoms. The molecule has 1 N–H and O–H groups in total. The van der Waals surface area contributed by atoms with Crippen molar-refractivity contribution in [1.82, 2.24) is 0 Å². The Morgan fingerprint density at radius 1 is 0.914 bits per heavy atom. The Morgan fingerprint density at radius 3 is 2.11 bits per heavy atom.